The number of thiazole rings is 1. The number of nitrogens with zero attached hydrogens (tertiary/aromatic N) is 2. The first kappa shape index (κ1) is 13.7. The zero-order valence-electron chi connectivity index (χ0n) is 11.2. The summed E-state index contributed by atoms with van der Waals surface area (Å²) in [7, 11) is 0. The van der Waals surface area contributed by atoms with Gasteiger partial charge in [0.25, 0.3) is 0 Å². The lowest BCUT2D eigenvalue weighted by Crippen LogP contribution is -2.21. The van der Waals surface area contributed by atoms with Gasteiger partial charge in [0.2, 0.25) is 0 Å². The van der Waals surface area contributed by atoms with Crippen LogP contribution >= 0.6 is 11.3 Å². The Labute approximate surface area is 117 Å². The normalized spacial score (nSPS) is 12.1. The maximum absolute atomic E-state index is 8.77. The third-order valence-corrected chi connectivity index (χ3v) is 4.18. The molecule has 0 aliphatic heterocycles. The minimum Gasteiger partial charge on any atom is -0.310 e. The first-order valence-electron chi connectivity index (χ1n) is 6.33. The predicted octanol–water partition coefficient (Wildman–Crippen LogP) is 3.22. The topological polar surface area (TPSA) is 48.7 Å². The highest BCUT2D eigenvalue weighted by Crippen LogP contribution is 2.15. The molecule has 3 nitrogen and oxygen atoms in total. The second-order valence-electron chi connectivity index (χ2n) is 4.52. The Morgan fingerprint density at radius 1 is 1.37 bits per heavy atom. The van der Waals surface area contributed by atoms with Crippen LogP contribution in [0.25, 0.3) is 0 Å². The number of nitrogens with one attached hydrogen (secondary N) is 1. The molecule has 1 aromatic heterocycles. The SMILES string of the molecule is Cc1ncsc1CCNC(C)c1ccc(C#N)cc1. The molecule has 2 aromatic rings. The van der Waals surface area contributed by atoms with E-state index in [9.17, 15) is 0 Å². The molecule has 98 valence electrons. The highest BCUT2D eigenvalue weighted by atomic mass is 32.1. The van der Waals surface area contributed by atoms with Crippen LogP contribution in [0.5, 0.6) is 0 Å². The largest absolute Gasteiger partial charge is 0.310 e. The van der Waals surface area contributed by atoms with E-state index in [2.05, 4.69) is 30.2 Å². The molecule has 1 N–H and O–H groups in total. The summed E-state index contributed by atoms with van der Waals surface area (Å²) in [4.78, 5) is 5.60. The van der Waals surface area contributed by atoms with E-state index in [4.69, 9.17) is 5.26 Å². The van der Waals surface area contributed by atoms with Gasteiger partial charge in [-0.25, -0.2) is 4.98 Å². The number of rotatable bonds is 5. The van der Waals surface area contributed by atoms with Gasteiger partial charge in [0.05, 0.1) is 22.8 Å². The molecule has 0 saturated heterocycles. The van der Waals surface area contributed by atoms with Crippen molar-refractivity contribution in [3.63, 3.8) is 0 Å². The van der Waals surface area contributed by atoms with Crippen molar-refractivity contribution in [3.8, 4) is 6.07 Å². The summed E-state index contributed by atoms with van der Waals surface area (Å²) in [6, 6.07) is 10.2. The predicted molar refractivity (Wildman–Crippen MR) is 78.1 cm³/mol. The first-order chi connectivity index (χ1) is 9.20. The Morgan fingerprint density at radius 2 is 2.11 bits per heavy atom. The van der Waals surface area contributed by atoms with Gasteiger partial charge in [0.1, 0.15) is 0 Å². The van der Waals surface area contributed by atoms with Crippen LogP contribution in [0.15, 0.2) is 29.8 Å². The monoisotopic (exact) mass is 271 g/mol. The number of hydrogen-bond acceptors (Lipinski definition) is 4. The van der Waals surface area contributed by atoms with Gasteiger partial charge in [0.15, 0.2) is 0 Å². The Bertz CT molecular complexity index is 566. The van der Waals surface area contributed by atoms with E-state index in [1.54, 1.807) is 11.3 Å². The van der Waals surface area contributed by atoms with E-state index in [1.165, 1.54) is 10.4 Å². The summed E-state index contributed by atoms with van der Waals surface area (Å²) < 4.78 is 0. The lowest BCUT2D eigenvalue weighted by Gasteiger charge is -2.14. The molecule has 1 heterocycles. The minimum atomic E-state index is 0.293. The van der Waals surface area contributed by atoms with Crippen LogP contribution in [0.4, 0.5) is 0 Å². The highest BCUT2D eigenvalue weighted by Gasteiger charge is 2.06. The lowest BCUT2D eigenvalue weighted by atomic mass is 10.1. The molecular weight excluding hydrogens is 254 g/mol. The van der Waals surface area contributed by atoms with E-state index < -0.39 is 0 Å². The minimum absolute atomic E-state index is 0.293. The molecule has 2 rings (SSSR count). The molecule has 19 heavy (non-hydrogen) atoms. The molecule has 0 bridgehead atoms. The summed E-state index contributed by atoms with van der Waals surface area (Å²) in [6.07, 6.45) is 1.01. The van der Waals surface area contributed by atoms with E-state index in [0.29, 0.717) is 11.6 Å². The van der Waals surface area contributed by atoms with Gasteiger partial charge in [-0.15, -0.1) is 11.3 Å². The maximum atomic E-state index is 8.77. The van der Waals surface area contributed by atoms with Gasteiger partial charge >= 0.3 is 0 Å². The number of nitriles is 1. The van der Waals surface area contributed by atoms with Gasteiger partial charge in [-0.1, -0.05) is 12.1 Å². The van der Waals surface area contributed by atoms with Crippen molar-refractivity contribution in [1.29, 1.82) is 5.26 Å². The van der Waals surface area contributed by atoms with Crippen molar-refractivity contribution in [2.45, 2.75) is 26.3 Å². The quantitative estimate of drug-likeness (QED) is 0.908. The second kappa shape index (κ2) is 6.46. The standard InChI is InChI=1S/C15H17N3S/c1-11(14-5-3-13(9-16)4-6-14)17-8-7-15-12(2)18-10-19-15/h3-6,10-11,17H,7-8H2,1-2H3. The van der Waals surface area contributed by atoms with Crippen molar-refractivity contribution in [3.05, 3.63) is 51.5 Å². The molecule has 0 amide bonds. The van der Waals surface area contributed by atoms with E-state index in [1.807, 2.05) is 29.8 Å². The van der Waals surface area contributed by atoms with Crippen LogP contribution in [0.1, 0.15) is 34.7 Å². The number of aryl methyl sites for hydroxylation is 1. The average Bonchev–Trinajstić information content (AvgIpc) is 2.84. The number of benzene rings is 1. The summed E-state index contributed by atoms with van der Waals surface area (Å²) in [5.74, 6) is 0. The highest BCUT2D eigenvalue weighted by molar-refractivity contribution is 7.09. The molecular formula is C15H17N3S. The smallest absolute Gasteiger partial charge is 0.0991 e. The molecule has 0 aliphatic carbocycles. The first-order valence-corrected chi connectivity index (χ1v) is 7.21. The van der Waals surface area contributed by atoms with Gasteiger partial charge in [-0.3, -0.25) is 0 Å². The van der Waals surface area contributed by atoms with Crippen molar-refractivity contribution in [2.75, 3.05) is 6.54 Å². The summed E-state index contributed by atoms with van der Waals surface area (Å²) >= 11 is 1.71. The van der Waals surface area contributed by atoms with Gasteiger partial charge in [-0.05, 0) is 38.0 Å². The molecule has 0 saturated carbocycles. The van der Waals surface area contributed by atoms with Crippen LogP contribution < -0.4 is 5.32 Å². The molecule has 1 aromatic carbocycles. The molecule has 0 spiro atoms. The van der Waals surface area contributed by atoms with E-state index in [-0.39, 0.29) is 0 Å². The fourth-order valence-electron chi connectivity index (χ4n) is 1.93. The molecule has 0 radical (unpaired) electrons. The second-order valence-corrected chi connectivity index (χ2v) is 5.46. The van der Waals surface area contributed by atoms with Crippen molar-refractivity contribution >= 4 is 11.3 Å². The van der Waals surface area contributed by atoms with E-state index >= 15 is 0 Å². The fourth-order valence-corrected chi connectivity index (χ4v) is 2.71. The third-order valence-electron chi connectivity index (χ3n) is 3.19. The zero-order chi connectivity index (χ0) is 13.7. The van der Waals surface area contributed by atoms with Crippen molar-refractivity contribution < 1.29 is 0 Å². The van der Waals surface area contributed by atoms with Crippen LogP contribution in [-0.4, -0.2) is 11.5 Å². The average molecular weight is 271 g/mol. The Balaban J connectivity index is 1.85. The van der Waals surface area contributed by atoms with Crippen LogP contribution in [0.2, 0.25) is 0 Å². The van der Waals surface area contributed by atoms with E-state index in [0.717, 1.165) is 18.7 Å². The van der Waals surface area contributed by atoms with Crippen LogP contribution in [0.3, 0.4) is 0 Å². The molecule has 0 aliphatic rings. The molecule has 1 atom stereocenters. The maximum Gasteiger partial charge on any atom is 0.0991 e. The third kappa shape index (κ3) is 3.63. The zero-order valence-corrected chi connectivity index (χ0v) is 12.0. The Hall–Kier alpha value is -1.70. The van der Waals surface area contributed by atoms with Crippen molar-refractivity contribution in [2.24, 2.45) is 0 Å². The van der Waals surface area contributed by atoms with Crippen molar-refractivity contribution in [1.82, 2.24) is 10.3 Å². The number of aromatic nitrogens is 1. The summed E-state index contributed by atoms with van der Waals surface area (Å²) in [6.45, 7) is 5.13. The van der Waals surface area contributed by atoms with Gasteiger partial charge < -0.3 is 5.32 Å². The lowest BCUT2D eigenvalue weighted by molar-refractivity contribution is 0.578. The molecule has 0 fully saturated rings. The van der Waals surface area contributed by atoms with Crippen LogP contribution in [0, 0.1) is 18.3 Å². The fraction of sp³-hybridized carbons (Fsp3) is 0.333. The Morgan fingerprint density at radius 3 is 2.68 bits per heavy atom. The van der Waals surface area contributed by atoms with Gasteiger partial charge in [0, 0.05) is 17.5 Å². The Kier molecular flexibility index (Phi) is 4.67. The molecule has 1 unspecified atom stereocenters. The summed E-state index contributed by atoms with van der Waals surface area (Å²) in [5.41, 5.74) is 4.95. The number of hydrogen-bond donors (Lipinski definition) is 1. The molecule has 4 heteroatoms. The van der Waals surface area contributed by atoms with Gasteiger partial charge in [-0.2, -0.15) is 5.26 Å². The van der Waals surface area contributed by atoms with Crippen LogP contribution in [-0.2, 0) is 6.42 Å². The summed E-state index contributed by atoms with van der Waals surface area (Å²) in [5, 5.41) is 12.3.